The lowest BCUT2D eigenvalue weighted by atomic mass is 10.1. The Morgan fingerprint density at radius 3 is 2.53 bits per heavy atom. The van der Waals surface area contributed by atoms with Crippen molar-refractivity contribution in [1.29, 1.82) is 0 Å². The Labute approximate surface area is 110 Å². The lowest BCUT2D eigenvalue weighted by Gasteiger charge is -1.99. The van der Waals surface area contributed by atoms with Gasteiger partial charge in [-0.15, -0.1) is 0 Å². The second-order valence-corrected chi connectivity index (χ2v) is 4.56. The molecule has 1 heterocycles. The highest BCUT2D eigenvalue weighted by Gasteiger charge is 2.11. The quantitative estimate of drug-likeness (QED) is 0.727. The summed E-state index contributed by atoms with van der Waals surface area (Å²) in [4.78, 5) is 14.4. The lowest BCUT2D eigenvalue weighted by Crippen LogP contribution is -1.94. The topological polar surface area (TPSA) is 53.1 Å². The van der Waals surface area contributed by atoms with Crippen LogP contribution in [0.3, 0.4) is 0 Å². The van der Waals surface area contributed by atoms with E-state index in [1.807, 2.05) is 43.3 Å². The number of benzene rings is 2. The summed E-state index contributed by atoms with van der Waals surface area (Å²) in [5.41, 5.74) is 4.49. The van der Waals surface area contributed by atoms with E-state index in [0.717, 1.165) is 27.7 Å². The van der Waals surface area contributed by atoms with Gasteiger partial charge in [-0.3, -0.25) is 0 Å². The van der Waals surface area contributed by atoms with Crippen LogP contribution in [0.1, 0.15) is 15.9 Å². The van der Waals surface area contributed by atoms with Crippen molar-refractivity contribution < 1.29 is 9.90 Å². The summed E-state index contributed by atoms with van der Waals surface area (Å²) in [5, 5.41) is 10.0. The van der Waals surface area contributed by atoms with Crippen molar-refractivity contribution in [3.05, 3.63) is 59.7 Å². The van der Waals surface area contributed by atoms with Gasteiger partial charge in [-0.05, 0) is 36.2 Å². The molecule has 0 unspecified atom stereocenters. The number of carboxylic acids is 1. The van der Waals surface area contributed by atoms with Gasteiger partial charge < -0.3 is 10.1 Å². The zero-order valence-corrected chi connectivity index (χ0v) is 10.5. The van der Waals surface area contributed by atoms with Crippen molar-refractivity contribution in [1.82, 2.24) is 4.98 Å². The van der Waals surface area contributed by atoms with E-state index in [9.17, 15) is 4.79 Å². The molecule has 3 nitrogen and oxygen atoms in total. The van der Waals surface area contributed by atoms with E-state index in [4.69, 9.17) is 5.11 Å². The molecule has 3 heteroatoms. The van der Waals surface area contributed by atoms with Gasteiger partial charge in [-0.25, -0.2) is 4.79 Å². The first kappa shape index (κ1) is 11.5. The van der Waals surface area contributed by atoms with Crippen molar-refractivity contribution >= 4 is 16.9 Å². The summed E-state index contributed by atoms with van der Waals surface area (Å²) in [7, 11) is 0. The zero-order chi connectivity index (χ0) is 13.4. The highest BCUT2D eigenvalue weighted by atomic mass is 16.4. The predicted octanol–water partition coefficient (Wildman–Crippen LogP) is 3.84. The molecule has 0 atom stereocenters. The van der Waals surface area contributed by atoms with E-state index in [0.29, 0.717) is 5.56 Å². The Hall–Kier alpha value is -2.55. The number of aryl methyl sites for hydroxylation is 1. The van der Waals surface area contributed by atoms with E-state index < -0.39 is 5.97 Å². The number of aromatic nitrogens is 1. The molecule has 19 heavy (non-hydrogen) atoms. The number of aromatic amines is 1. The summed E-state index contributed by atoms with van der Waals surface area (Å²) in [6, 6.07) is 15.2. The first-order valence-electron chi connectivity index (χ1n) is 6.08. The monoisotopic (exact) mass is 251 g/mol. The highest BCUT2D eigenvalue weighted by Crippen LogP contribution is 2.30. The number of aromatic carboxylic acids is 1. The fraction of sp³-hybridized carbons (Fsp3) is 0.0625. The molecule has 2 aromatic carbocycles. The molecule has 0 aliphatic heterocycles. The van der Waals surface area contributed by atoms with E-state index in [1.54, 1.807) is 12.1 Å². The average Bonchev–Trinajstić information content (AvgIpc) is 2.77. The number of H-pyrrole nitrogens is 1. The normalized spacial score (nSPS) is 10.8. The molecule has 0 aliphatic carbocycles. The van der Waals surface area contributed by atoms with Crippen LogP contribution >= 0.6 is 0 Å². The standard InChI is InChI=1S/C16H13NO2/c1-10-13-9-12(16(18)19)7-8-14(13)17-15(10)11-5-3-2-4-6-11/h2-9,17H,1H3,(H,18,19). The molecule has 0 spiro atoms. The third kappa shape index (κ3) is 1.89. The van der Waals surface area contributed by atoms with Crippen molar-refractivity contribution in [2.24, 2.45) is 0 Å². The van der Waals surface area contributed by atoms with Crippen molar-refractivity contribution in [2.45, 2.75) is 6.92 Å². The van der Waals surface area contributed by atoms with Crippen LogP contribution in [-0.2, 0) is 0 Å². The number of carboxylic acid groups (broad SMARTS) is 1. The molecule has 0 radical (unpaired) electrons. The molecular weight excluding hydrogens is 238 g/mol. The van der Waals surface area contributed by atoms with Gasteiger partial charge in [0.15, 0.2) is 0 Å². The van der Waals surface area contributed by atoms with Gasteiger partial charge in [-0.1, -0.05) is 30.3 Å². The number of hydrogen-bond donors (Lipinski definition) is 2. The molecule has 1 aromatic heterocycles. The van der Waals surface area contributed by atoms with Gasteiger partial charge >= 0.3 is 5.97 Å². The Kier molecular flexibility index (Phi) is 2.60. The molecule has 3 aromatic rings. The molecule has 94 valence electrons. The number of carbonyl (C=O) groups is 1. The largest absolute Gasteiger partial charge is 0.478 e. The molecule has 3 rings (SSSR count). The first-order chi connectivity index (χ1) is 9.16. The fourth-order valence-electron chi connectivity index (χ4n) is 2.35. The SMILES string of the molecule is Cc1c(-c2ccccc2)[nH]c2ccc(C(=O)O)cc12. The summed E-state index contributed by atoms with van der Waals surface area (Å²) in [5.74, 6) is -0.899. The van der Waals surface area contributed by atoms with Crippen LogP contribution in [0.5, 0.6) is 0 Å². The molecule has 0 saturated carbocycles. The predicted molar refractivity (Wildman–Crippen MR) is 75.4 cm³/mol. The molecule has 0 amide bonds. The summed E-state index contributed by atoms with van der Waals surface area (Å²) in [6.07, 6.45) is 0. The van der Waals surface area contributed by atoms with E-state index in [1.165, 1.54) is 0 Å². The zero-order valence-electron chi connectivity index (χ0n) is 10.5. The summed E-state index contributed by atoms with van der Waals surface area (Å²) in [6.45, 7) is 2.01. The van der Waals surface area contributed by atoms with Gasteiger partial charge in [0.25, 0.3) is 0 Å². The average molecular weight is 251 g/mol. The van der Waals surface area contributed by atoms with Crippen LogP contribution in [0.15, 0.2) is 48.5 Å². The molecule has 0 bridgehead atoms. The number of rotatable bonds is 2. The van der Waals surface area contributed by atoms with Crippen LogP contribution in [0.25, 0.3) is 22.2 Å². The van der Waals surface area contributed by atoms with Crippen LogP contribution < -0.4 is 0 Å². The smallest absolute Gasteiger partial charge is 0.335 e. The van der Waals surface area contributed by atoms with Crippen molar-refractivity contribution in [3.63, 3.8) is 0 Å². The van der Waals surface area contributed by atoms with Crippen molar-refractivity contribution in [2.75, 3.05) is 0 Å². The Balaban J connectivity index is 2.24. The molecule has 0 saturated heterocycles. The third-order valence-electron chi connectivity index (χ3n) is 3.37. The number of hydrogen-bond acceptors (Lipinski definition) is 1. The minimum atomic E-state index is -0.899. The second kappa shape index (κ2) is 4.28. The van der Waals surface area contributed by atoms with Crippen LogP contribution in [0.4, 0.5) is 0 Å². The Morgan fingerprint density at radius 1 is 1.11 bits per heavy atom. The van der Waals surface area contributed by atoms with Gasteiger partial charge in [-0.2, -0.15) is 0 Å². The summed E-state index contributed by atoms with van der Waals surface area (Å²) < 4.78 is 0. The van der Waals surface area contributed by atoms with Crippen molar-refractivity contribution in [3.8, 4) is 11.3 Å². The lowest BCUT2D eigenvalue weighted by molar-refractivity contribution is 0.0697. The van der Waals surface area contributed by atoms with Gasteiger partial charge in [0, 0.05) is 16.6 Å². The third-order valence-corrected chi connectivity index (χ3v) is 3.37. The van der Waals surface area contributed by atoms with Crippen LogP contribution in [0.2, 0.25) is 0 Å². The first-order valence-corrected chi connectivity index (χ1v) is 6.08. The van der Waals surface area contributed by atoms with Gasteiger partial charge in [0.05, 0.1) is 5.56 Å². The van der Waals surface area contributed by atoms with Gasteiger partial charge in [0.1, 0.15) is 0 Å². The number of nitrogens with one attached hydrogen (secondary N) is 1. The molecular formula is C16H13NO2. The molecule has 0 fully saturated rings. The minimum Gasteiger partial charge on any atom is -0.478 e. The minimum absolute atomic E-state index is 0.314. The Morgan fingerprint density at radius 2 is 1.84 bits per heavy atom. The van der Waals surface area contributed by atoms with Crippen LogP contribution in [0, 0.1) is 6.92 Å². The van der Waals surface area contributed by atoms with E-state index in [2.05, 4.69) is 4.98 Å². The maximum atomic E-state index is 11.0. The van der Waals surface area contributed by atoms with E-state index >= 15 is 0 Å². The van der Waals surface area contributed by atoms with Crippen LogP contribution in [-0.4, -0.2) is 16.1 Å². The maximum absolute atomic E-state index is 11.0. The van der Waals surface area contributed by atoms with E-state index in [-0.39, 0.29) is 0 Å². The molecule has 2 N–H and O–H groups in total. The fourth-order valence-corrected chi connectivity index (χ4v) is 2.35. The second-order valence-electron chi connectivity index (χ2n) is 4.56. The van der Waals surface area contributed by atoms with Gasteiger partial charge in [0.2, 0.25) is 0 Å². The Bertz CT molecular complexity index is 757. The maximum Gasteiger partial charge on any atom is 0.335 e. The summed E-state index contributed by atoms with van der Waals surface area (Å²) >= 11 is 0. The molecule has 0 aliphatic rings. The highest BCUT2D eigenvalue weighted by molar-refractivity contribution is 5.97. The number of fused-ring (bicyclic) bond motifs is 1.